The molecular formula is C30H26N4O2. The van der Waals surface area contributed by atoms with Crippen LogP contribution in [0.25, 0.3) is 22.2 Å². The van der Waals surface area contributed by atoms with E-state index in [-0.39, 0.29) is 5.91 Å². The average molecular weight is 475 g/mol. The highest BCUT2D eigenvalue weighted by Gasteiger charge is 2.12. The summed E-state index contributed by atoms with van der Waals surface area (Å²) in [4.78, 5) is 22.3. The largest absolute Gasteiger partial charge is 0.497 e. The minimum atomic E-state index is -0.152. The van der Waals surface area contributed by atoms with Crippen molar-refractivity contribution in [3.63, 3.8) is 0 Å². The monoisotopic (exact) mass is 474 g/mol. The first-order valence-corrected chi connectivity index (χ1v) is 11.7. The zero-order valence-corrected chi connectivity index (χ0v) is 20.4. The van der Waals surface area contributed by atoms with E-state index in [1.807, 2.05) is 92.7 Å². The molecule has 0 spiro atoms. The van der Waals surface area contributed by atoms with E-state index < -0.39 is 0 Å². The third-order valence-electron chi connectivity index (χ3n) is 6.07. The van der Waals surface area contributed by atoms with Crippen molar-refractivity contribution in [1.82, 2.24) is 9.97 Å². The van der Waals surface area contributed by atoms with E-state index in [2.05, 4.69) is 10.6 Å². The third kappa shape index (κ3) is 4.74. The molecule has 0 radical (unpaired) electrons. The van der Waals surface area contributed by atoms with E-state index >= 15 is 0 Å². The number of ether oxygens (including phenoxy) is 1. The summed E-state index contributed by atoms with van der Waals surface area (Å²) in [5.41, 5.74) is 6.84. The van der Waals surface area contributed by atoms with Crippen LogP contribution < -0.4 is 15.4 Å². The highest BCUT2D eigenvalue weighted by atomic mass is 16.5. The van der Waals surface area contributed by atoms with Crippen LogP contribution in [0.1, 0.15) is 21.5 Å². The van der Waals surface area contributed by atoms with Gasteiger partial charge in [0.2, 0.25) is 5.95 Å². The minimum Gasteiger partial charge on any atom is -0.497 e. The quantitative estimate of drug-likeness (QED) is 0.279. The van der Waals surface area contributed by atoms with Crippen LogP contribution in [-0.4, -0.2) is 23.0 Å². The summed E-state index contributed by atoms with van der Waals surface area (Å²) in [5, 5.41) is 7.26. The molecule has 6 nitrogen and oxygen atoms in total. The topological polar surface area (TPSA) is 76.1 Å². The number of methoxy groups -OCH3 is 1. The molecule has 0 saturated heterocycles. The number of fused-ring (bicyclic) bond motifs is 1. The summed E-state index contributed by atoms with van der Waals surface area (Å²) in [6.07, 6.45) is 0. The number of aromatic nitrogens is 2. The molecule has 1 aromatic heterocycles. The van der Waals surface area contributed by atoms with Crippen LogP contribution in [-0.2, 0) is 0 Å². The van der Waals surface area contributed by atoms with Gasteiger partial charge in [-0.05, 0) is 67.4 Å². The molecule has 5 aromatic rings. The molecule has 0 atom stereocenters. The van der Waals surface area contributed by atoms with Gasteiger partial charge in [0.25, 0.3) is 5.91 Å². The summed E-state index contributed by atoms with van der Waals surface area (Å²) in [7, 11) is 1.65. The van der Waals surface area contributed by atoms with Crippen molar-refractivity contribution in [3.8, 4) is 17.0 Å². The lowest BCUT2D eigenvalue weighted by atomic mass is 10.1. The van der Waals surface area contributed by atoms with Crippen molar-refractivity contribution in [2.24, 2.45) is 0 Å². The number of benzene rings is 4. The first-order valence-electron chi connectivity index (χ1n) is 11.7. The van der Waals surface area contributed by atoms with Crippen molar-refractivity contribution in [3.05, 3.63) is 108 Å². The molecule has 4 aromatic carbocycles. The van der Waals surface area contributed by atoms with Crippen molar-refractivity contribution < 1.29 is 9.53 Å². The molecule has 1 amide bonds. The van der Waals surface area contributed by atoms with Crippen molar-refractivity contribution in [2.75, 3.05) is 17.7 Å². The number of para-hydroxylation sites is 2. The standard InChI is InChI=1S/C30H26N4O2/c1-19-8-6-9-20(2)27(19)33-29(35)21-14-16-23(17-15-21)31-30-32-26-13-5-4-12-25(26)28(34-30)22-10-7-11-24(18-22)36-3/h4-18H,1-3H3,(H,33,35)(H,31,32,34). The van der Waals surface area contributed by atoms with Gasteiger partial charge in [-0.15, -0.1) is 0 Å². The van der Waals surface area contributed by atoms with E-state index in [0.717, 1.165) is 50.4 Å². The zero-order valence-electron chi connectivity index (χ0n) is 20.4. The van der Waals surface area contributed by atoms with Crippen LogP contribution in [0.5, 0.6) is 5.75 Å². The Morgan fingerprint density at radius 2 is 1.53 bits per heavy atom. The Balaban J connectivity index is 1.41. The Labute approximate surface area is 210 Å². The summed E-state index contributed by atoms with van der Waals surface area (Å²) in [6.45, 7) is 3.97. The molecule has 0 saturated carbocycles. The maximum atomic E-state index is 12.8. The SMILES string of the molecule is COc1cccc(-c2nc(Nc3ccc(C(=O)Nc4c(C)cccc4C)cc3)nc3ccccc23)c1. The lowest BCUT2D eigenvalue weighted by Gasteiger charge is -2.13. The molecule has 2 N–H and O–H groups in total. The van der Waals surface area contributed by atoms with Gasteiger partial charge >= 0.3 is 0 Å². The Hall–Kier alpha value is -4.71. The van der Waals surface area contributed by atoms with E-state index in [1.165, 1.54) is 0 Å². The first-order chi connectivity index (χ1) is 17.5. The molecule has 0 unspecified atom stereocenters. The smallest absolute Gasteiger partial charge is 0.255 e. The Morgan fingerprint density at radius 1 is 0.806 bits per heavy atom. The van der Waals surface area contributed by atoms with Gasteiger partial charge in [-0.1, -0.05) is 48.5 Å². The molecular weight excluding hydrogens is 448 g/mol. The minimum absolute atomic E-state index is 0.152. The lowest BCUT2D eigenvalue weighted by molar-refractivity contribution is 0.102. The van der Waals surface area contributed by atoms with Crippen LogP contribution in [0.4, 0.5) is 17.3 Å². The molecule has 0 aliphatic rings. The highest BCUT2D eigenvalue weighted by molar-refractivity contribution is 6.05. The van der Waals surface area contributed by atoms with Gasteiger partial charge in [-0.3, -0.25) is 4.79 Å². The predicted molar refractivity (Wildman–Crippen MR) is 145 cm³/mol. The number of anilines is 3. The van der Waals surface area contributed by atoms with Crippen molar-refractivity contribution in [1.29, 1.82) is 0 Å². The number of hydrogen-bond acceptors (Lipinski definition) is 5. The first kappa shape index (κ1) is 23.1. The summed E-state index contributed by atoms with van der Waals surface area (Å²) >= 11 is 0. The average Bonchev–Trinajstić information content (AvgIpc) is 2.90. The number of aryl methyl sites for hydroxylation is 2. The third-order valence-corrected chi connectivity index (χ3v) is 6.07. The molecule has 36 heavy (non-hydrogen) atoms. The van der Waals surface area contributed by atoms with Gasteiger partial charge in [0.1, 0.15) is 5.75 Å². The van der Waals surface area contributed by atoms with E-state index in [0.29, 0.717) is 11.5 Å². The predicted octanol–water partition coefficient (Wildman–Crippen LogP) is 6.92. The number of amides is 1. The van der Waals surface area contributed by atoms with E-state index in [1.54, 1.807) is 19.2 Å². The second kappa shape index (κ2) is 9.88. The summed E-state index contributed by atoms with van der Waals surface area (Å²) in [5.74, 6) is 1.08. The number of nitrogens with one attached hydrogen (secondary N) is 2. The van der Waals surface area contributed by atoms with Crippen molar-refractivity contribution >= 4 is 34.1 Å². The maximum absolute atomic E-state index is 12.8. The Morgan fingerprint density at radius 3 is 2.28 bits per heavy atom. The number of carbonyl (C=O) groups excluding carboxylic acids is 1. The maximum Gasteiger partial charge on any atom is 0.255 e. The fourth-order valence-corrected chi connectivity index (χ4v) is 4.15. The molecule has 0 aliphatic carbocycles. The van der Waals surface area contributed by atoms with Gasteiger partial charge in [-0.25, -0.2) is 9.97 Å². The highest BCUT2D eigenvalue weighted by Crippen LogP contribution is 2.30. The molecule has 5 rings (SSSR count). The molecule has 0 bridgehead atoms. The van der Waals surface area contributed by atoms with Crippen molar-refractivity contribution in [2.45, 2.75) is 13.8 Å². The van der Waals surface area contributed by atoms with Crippen LogP contribution in [0.2, 0.25) is 0 Å². The lowest BCUT2D eigenvalue weighted by Crippen LogP contribution is -2.13. The zero-order chi connectivity index (χ0) is 25.1. The van der Waals surface area contributed by atoms with Crippen LogP contribution >= 0.6 is 0 Å². The van der Waals surface area contributed by atoms with Crippen LogP contribution in [0, 0.1) is 13.8 Å². The number of nitrogens with zero attached hydrogens (tertiary/aromatic N) is 2. The molecule has 1 heterocycles. The van der Waals surface area contributed by atoms with E-state index in [4.69, 9.17) is 14.7 Å². The van der Waals surface area contributed by atoms with Crippen LogP contribution in [0.3, 0.4) is 0 Å². The van der Waals surface area contributed by atoms with Crippen LogP contribution in [0.15, 0.2) is 91.0 Å². The van der Waals surface area contributed by atoms with Gasteiger partial charge in [0.15, 0.2) is 0 Å². The number of hydrogen-bond donors (Lipinski definition) is 2. The van der Waals surface area contributed by atoms with Gasteiger partial charge in [0, 0.05) is 27.9 Å². The number of rotatable bonds is 6. The summed E-state index contributed by atoms with van der Waals surface area (Å²) < 4.78 is 5.40. The molecule has 0 aliphatic heterocycles. The Bertz CT molecular complexity index is 1540. The second-order valence-electron chi connectivity index (χ2n) is 8.57. The van der Waals surface area contributed by atoms with E-state index in [9.17, 15) is 4.79 Å². The normalized spacial score (nSPS) is 10.8. The summed E-state index contributed by atoms with van der Waals surface area (Å²) in [6, 6.07) is 29.0. The number of carbonyl (C=O) groups is 1. The van der Waals surface area contributed by atoms with Gasteiger partial charge in [0.05, 0.1) is 18.3 Å². The molecule has 178 valence electrons. The second-order valence-corrected chi connectivity index (χ2v) is 8.57. The fourth-order valence-electron chi connectivity index (χ4n) is 4.15. The molecule has 6 heteroatoms. The molecule has 0 fully saturated rings. The van der Waals surface area contributed by atoms with Gasteiger partial charge in [-0.2, -0.15) is 0 Å². The fraction of sp³-hybridized carbons (Fsp3) is 0.100. The van der Waals surface area contributed by atoms with Gasteiger partial charge < -0.3 is 15.4 Å². The Kier molecular flexibility index (Phi) is 6.33.